The van der Waals surface area contributed by atoms with Crippen LogP contribution in [0.1, 0.15) is 39.4 Å². The van der Waals surface area contributed by atoms with Gasteiger partial charge in [-0.25, -0.2) is 9.59 Å². The molecule has 0 spiro atoms. The van der Waals surface area contributed by atoms with Gasteiger partial charge >= 0.3 is 11.9 Å². The number of rotatable bonds is 5. The number of nitrogens with one attached hydrogen (secondary N) is 1. The Morgan fingerprint density at radius 1 is 1.12 bits per heavy atom. The van der Waals surface area contributed by atoms with Crippen LogP contribution in [0.4, 0.5) is 5.00 Å². The first kappa shape index (κ1) is 18.7. The lowest BCUT2D eigenvalue weighted by molar-refractivity contribution is -0.151. The quantitative estimate of drug-likeness (QED) is 0.826. The summed E-state index contributed by atoms with van der Waals surface area (Å²) in [7, 11) is 1.23. The summed E-state index contributed by atoms with van der Waals surface area (Å²) in [5, 5.41) is 3.04. The fourth-order valence-electron chi connectivity index (χ4n) is 2.27. The number of carbonyl (C=O) groups is 3. The summed E-state index contributed by atoms with van der Waals surface area (Å²) < 4.78 is 10.2. The first-order valence-electron chi connectivity index (χ1n) is 7.56. The summed E-state index contributed by atoms with van der Waals surface area (Å²) in [6.07, 6.45) is -1.18. The smallest absolute Gasteiger partial charge is 0.351 e. The number of amides is 1. The van der Waals surface area contributed by atoms with Gasteiger partial charge in [0.05, 0.1) is 12.7 Å². The third-order valence-electron chi connectivity index (χ3n) is 3.62. The number of ether oxygens (including phenoxy) is 2. The maximum absolute atomic E-state index is 12.7. The molecule has 0 saturated heterocycles. The minimum absolute atomic E-state index is 0.252. The van der Waals surface area contributed by atoms with Gasteiger partial charge in [-0.1, -0.05) is 30.3 Å². The van der Waals surface area contributed by atoms with Gasteiger partial charge in [0, 0.05) is 17.4 Å². The maximum atomic E-state index is 12.7. The van der Waals surface area contributed by atoms with E-state index in [-0.39, 0.29) is 11.5 Å². The second-order valence-electron chi connectivity index (χ2n) is 5.39. The average molecular weight is 361 g/mol. The number of esters is 2. The second kappa shape index (κ2) is 7.94. The molecule has 25 heavy (non-hydrogen) atoms. The van der Waals surface area contributed by atoms with E-state index in [4.69, 9.17) is 9.47 Å². The first-order chi connectivity index (χ1) is 11.8. The molecule has 0 radical (unpaired) electrons. The molecule has 6 nitrogen and oxygen atoms in total. The van der Waals surface area contributed by atoms with Crippen molar-refractivity contribution in [3.8, 4) is 0 Å². The summed E-state index contributed by atoms with van der Waals surface area (Å²) >= 11 is 1.29. The second-order valence-corrected chi connectivity index (χ2v) is 6.61. The molecule has 0 fully saturated rings. The molecular formula is C18H19NO5S. The predicted octanol–water partition coefficient (Wildman–Crippen LogP) is 3.39. The van der Waals surface area contributed by atoms with Crippen molar-refractivity contribution in [2.75, 3.05) is 12.4 Å². The van der Waals surface area contributed by atoms with Gasteiger partial charge in [-0.05, 0) is 19.4 Å². The molecule has 1 aromatic heterocycles. The molecule has 0 aliphatic rings. The van der Waals surface area contributed by atoms with E-state index < -0.39 is 18.0 Å². The highest BCUT2D eigenvalue weighted by Crippen LogP contribution is 2.34. The fraction of sp³-hybridized carbons (Fsp3) is 0.278. The lowest BCUT2D eigenvalue weighted by Gasteiger charge is -2.16. The number of carbonyl (C=O) groups excluding carboxylic acids is 3. The molecule has 132 valence electrons. The van der Waals surface area contributed by atoms with Gasteiger partial charge in [0.2, 0.25) is 12.0 Å². The van der Waals surface area contributed by atoms with Crippen molar-refractivity contribution >= 4 is 34.2 Å². The lowest BCUT2D eigenvalue weighted by atomic mass is 10.1. The Bertz CT molecular complexity index is 797. The van der Waals surface area contributed by atoms with Gasteiger partial charge in [-0.3, -0.25) is 4.79 Å². The van der Waals surface area contributed by atoms with Crippen LogP contribution in [0.2, 0.25) is 0 Å². The van der Waals surface area contributed by atoms with Gasteiger partial charge in [0.25, 0.3) is 0 Å². The average Bonchev–Trinajstić information content (AvgIpc) is 2.85. The third-order valence-corrected chi connectivity index (χ3v) is 4.74. The molecular weight excluding hydrogens is 342 g/mol. The maximum Gasteiger partial charge on any atom is 0.351 e. The number of methoxy groups -OCH3 is 1. The topological polar surface area (TPSA) is 81.7 Å². The monoisotopic (exact) mass is 361 g/mol. The predicted molar refractivity (Wildman–Crippen MR) is 94.7 cm³/mol. The number of hydrogen-bond acceptors (Lipinski definition) is 6. The Labute approximate surface area is 149 Å². The number of aryl methyl sites for hydroxylation is 1. The number of benzene rings is 1. The largest absolute Gasteiger partial charge is 0.466 e. The van der Waals surface area contributed by atoms with Crippen LogP contribution in [0, 0.1) is 13.8 Å². The Kier molecular flexibility index (Phi) is 5.93. The van der Waals surface area contributed by atoms with Crippen LogP contribution >= 0.6 is 11.3 Å². The van der Waals surface area contributed by atoms with Crippen molar-refractivity contribution < 1.29 is 23.9 Å². The van der Waals surface area contributed by atoms with E-state index in [0.717, 1.165) is 4.88 Å². The summed E-state index contributed by atoms with van der Waals surface area (Å²) in [4.78, 5) is 37.0. The molecule has 0 unspecified atom stereocenters. The molecule has 2 aromatic rings. The molecule has 1 atom stereocenters. The van der Waals surface area contributed by atoms with Crippen molar-refractivity contribution in [1.29, 1.82) is 0 Å². The summed E-state index contributed by atoms with van der Waals surface area (Å²) in [6.45, 7) is 4.97. The Morgan fingerprint density at radius 2 is 1.76 bits per heavy atom. The van der Waals surface area contributed by atoms with Crippen molar-refractivity contribution in [1.82, 2.24) is 0 Å². The van der Waals surface area contributed by atoms with Crippen LogP contribution in [0.15, 0.2) is 30.3 Å². The zero-order valence-electron chi connectivity index (χ0n) is 14.4. The molecule has 0 aliphatic carbocycles. The molecule has 7 heteroatoms. The minimum atomic E-state index is -1.18. The molecule has 0 saturated carbocycles. The SMILES string of the molecule is COC(=O)[C@H](OC(=O)c1c(NC(C)=O)sc(C)c1C)c1ccccc1. The van der Waals surface area contributed by atoms with E-state index in [2.05, 4.69) is 5.32 Å². The van der Waals surface area contributed by atoms with Gasteiger partial charge in [-0.15, -0.1) is 11.3 Å². The zero-order chi connectivity index (χ0) is 18.6. The molecule has 1 heterocycles. The van der Waals surface area contributed by atoms with Crippen LogP contribution in [0.3, 0.4) is 0 Å². The van der Waals surface area contributed by atoms with Gasteiger partial charge in [0.1, 0.15) is 5.00 Å². The Morgan fingerprint density at radius 3 is 2.32 bits per heavy atom. The highest BCUT2D eigenvalue weighted by molar-refractivity contribution is 7.16. The van der Waals surface area contributed by atoms with Crippen molar-refractivity contribution in [2.24, 2.45) is 0 Å². The van der Waals surface area contributed by atoms with Crippen LogP contribution < -0.4 is 5.32 Å². The van der Waals surface area contributed by atoms with Crippen LogP contribution in [0.25, 0.3) is 0 Å². The highest BCUT2D eigenvalue weighted by atomic mass is 32.1. The Hall–Kier alpha value is -2.67. The fourth-order valence-corrected chi connectivity index (χ4v) is 3.37. The molecule has 0 bridgehead atoms. The third kappa shape index (κ3) is 4.24. The first-order valence-corrected chi connectivity index (χ1v) is 8.38. The van der Waals surface area contributed by atoms with Crippen LogP contribution in [-0.4, -0.2) is 25.0 Å². The van der Waals surface area contributed by atoms with E-state index in [9.17, 15) is 14.4 Å². The minimum Gasteiger partial charge on any atom is -0.466 e. The number of thiophene rings is 1. The van der Waals surface area contributed by atoms with Crippen LogP contribution in [-0.2, 0) is 19.1 Å². The summed E-state index contributed by atoms with van der Waals surface area (Å²) in [5.41, 5.74) is 1.46. The van der Waals surface area contributed by atoms with Crippen molar-refractivity contribution in [3.05, 3.63) is 51.9 Å². The van der Waals surface area contributed by atoms with E-state index in [1.54, 1.807) is 37.3 Å². The Balaban J connectivity index is 2.36. The summed E-state index contributed by atoms with van der Waals surface area (Å²) in [5.74, 6) is -1.65. The lowest BCUT2D eigenvalue weighted by Crippen LogP contribution is -2.22. The van der Waals surface area contributed by atoms with E-state index in [0.29, 0.717) is 16.1 Å². The zero-order valence-corrected chi connectivity index (χ0v) is 15.2. The highest BCUT2D eigenvalue weighted by Gasteiger charge is 2.29. The molecule has 1 N–H and O–H groups in total. The summed E-state index contributed by atoms with van der Waals surface area (Å²) in [6, 6.07) is 8.62. The molecule has 2 rings (SSSR count). The van der Waals surface area contributed by atoms with Gasteiger partial charge in [0.15, 0.2) is 0 Å². The van der Waals surface area contributed by atoms with Crippen molar-refractivity contribution in [3.63, 3.8) is 0 Å². The van der Waals surface area contributed by atoms with Gasteiger partial charge in [-0.2, -0.15) is 0 Å². The van der Waals surface area contributed by atoms with E-state index in [1.165, 1.54) is 25.4 Å². The molecule has 1 amide bonds. The van der Waals surface area contributed by atoms with E-state index in [1.807, 2.05) is 6.92 Å². The van der Waals surface area contributed by atoms with Crippen LogP contribution in [0.5, 0.6) is 0 Å². The molecule has 0 aliphatic heterocycles. The standard InChI is InChI=1S/C18H19NO5S/c1-10-11(2)25-16(19-12(3)20)14(10)17(21)24-15(18(22)23-4)13-8-6-5-7-9-13/h5-9,15H,1-4H3,(H,19,20)/t15-/m1/s1. The number of anilines is 1. The molecule has 1 aromatic carbocycles. The van der Waals surface area contributed by atoms with Crippen molar-refractivity contribution in [2.45, 2.75) is 26.9 Å². The van der Waals surface area contributed by atoms with Gasteiger partial charge < -0.3 is 14.8 Å². The van der Waals surface area contributed by atoms with E-state index >= 15 is 0 Å². The normalized spacial score (nSPS) is 11.5. The number of hydrogen-bond donors (Lipinski definition) is 1.